The van der Waals surface area contributed by atoms with Crippen LogP contribution in [0, 0.1) is 20.8 Å². The van der Waals surface area contributed by atoms with Crippen molar-refractivity contribution in [2.75, 3.05) is 13.6 Å². The van der Waals surface area contributed by atoms with E-state index in [9.17, 15) is 0 Å². The van der Waals surface area contributed by atoms with Gasteiger partial charge in [-0.15, -0.1) is 0 Å². The fraction of sp³-hybridized carbons (Fsp3) is 0.615. The van der Waals surface area contributed by atoms with E-state index < -0.39 is 0 Å². The highest BCUT2D eigenvalue weighted by Gasteiger charge is 2.26. The van der Waals surface area contributed by atoms with Crippen LogP contribution in [0.4, 0.5) is 0 Å². The number of rotatable bonds is 1. The Bertz CT molecular complexity index is 415. The van der Waals surface area contributed by atoms with Crippen molar-refractivity contribution in [1.29, 1.82) is 0 Å². The van der Waals surface area contributed by atoms with Gasteiger partial charge in [0, 0.05) is 11.7 Å². The topological polar surface area (TPSA) is 16.1 Å². The predicted octanol–water partition coefficient (Wildman–Crippen LogP) is 3.43. The number of nitrogens with zero attached hydrogens (tertiary/aromatic N) is 2. The van der Waals surface area contributed by atoms with E-state index in [4.69, 9.17) is 11.6 Å². The summed E-state index contributed by atoms with van der Waals surface area (Å²) in [4.78, 5) is 6.87. The fourth-order valence-corrected chi connectivity index (χ4v) is 2.95. The SMILES string of the molecule is Cc1nc(Cl)c(C)c(C)c1C1CCCN1C. The summed E-state index contributed by atoms with van der Waals surface area (Å²) < 4.78 is 0. The molecule has 0 amide bonds. The smallest absolute Gasteiger partial charge is 0.132 e. The zero-order valence-electron chi connectivity index (χ0n) is 10.5. The van der Waals surface area contributed by atoms with E-state index in [0.717, 1.165) is 11.3 Å². The summed E-state index contributed by atoms with van der Waals surface area (Å²) in [7, 11) is 2.19. The Morgan fingerprint density at radius 1 is 1.25 bits per heavy atom. The van der Waals surface area contributed by atoms with E-state index in [-0.39, 0.29) is 0 Å². The minimum absolute atomic E-state index is 0.531. The zero-order valence-corrected chi connectivity index (χ0v) is 11.2. The highest BCUT2D eigenvalue weighted by atomic mass is 35.5. The van der Waals surface area contributed by atoms with Crippen molar-refractivity contribution in [2.24, 2.45) is 0 Å². The number of hydrogen-bond donors (Lipinski definition) is 0. The molecule has 1 fully saturated rings. The molecule has 0 spiro atoms. The van der Waals surface area contributed by atoms with Crippen molar-refractivity contribution in [1.82, 2.24) is 9.88 Å². The number of halogens is 1. The van der Waals surface area contributed by atoms with Gasteiger partial charge in [-0.05, 0) is 63.9 Å². The normalized spacial score (nSPS) is 21.7. The lowest BCUT2D eigenvalue weighted by atomic mass is 9.95. The lowest BCUT2D eigenvalue weighted by molar-refractivity contribution is 0.315. The molecular weight excluding hydrogens is 220 g/mol. The highest BCUT2D eigenvalue weighted by Crippen LogP contribution is 2.36. The average Bonchev–Trinajstić information content (AvgIpc) is 2.62. The molecule has 0 aromatic carbocycles. The first-order chi connectivity index (χ1) is 7.52. The molecule has 2 heterocycles. The summed E-state index contributed by atoms with van der Waals surface area (Å²) in [5, 5.41) is 0.652. The number of aryl methyl sites for hydroxylation is 1. The van der Waals surface area contributed by atoms with Crippen molar-refractivity contribution in [3.8, 4) is 0 Å². The van der Waals surface area contributed by atoms with Crippen LogP contribution in [0.1, 0.15) is 41.3 Å². The van der Waals surface area contributed by atoms with Gasteiger partial charge in [0.2, 0.25) is 0 Å². The maximum atomic E-state index is 6.11. The molecule has 1 unspecified atom stereocenters. The first kappa shape index (κ1) is 11.9. The third-order valence-corrected chi connectivity index (χ3v) is 4.15. The molecule has 0 aliphatic carbocycles. The maximum Gasteiger partial charge on any atom is 0.132 e. The monoisotopic (exact) mass is 238 g/mol. The van der Waals surface area contributed by atoms with Gasteiger partial charge in [0.15, 0.2) is 0 Å². The third kappa shape index (κ3) is 1.85. The Labute approximate surface area is 103 Å². The standard InChI is InChI=1S/C13H19ClN2/c1-8-9(2)13(14)15-10(3)12(8)11-6-5-7-16(11)4/h11H,5-7H2,1-4H3. The van der Waals surface area contributed by atoms with Crippen LogP contribution in [0.3, 0.4) is 0 Å². The van der Waals surface area contributed by atoms with Gasteiger partial charge in [0.1, 0.15) is 5.15 Å². The minimum atomic E-state index is 0.531. The summed E-state index contributed by atoms with van der Waals surface area (Å²) in [6.45, 7) is 7.48. The quantitative estimate of drug-likeness (QED) is 0.697. The highest BCUT2D eigenvalue weighted by molar-refractivity contribution is 6.30. The Balaban J connectivity index is 2.52. The van der Waals surface area contributed by atoms with E-state index in [1.54, 1.807) is 0 Å². The first-order valence-corrected chi connectivity index (χ1v) is 6.23. The summed E-state index contributed by atoms with van der Waals surface area (Å²) in [6.07, 6.45) is 2.52. The first-order valence-electron chi connectivity index (χ1n) is 5.85. The van der Waals surface area contributed by atoms with E-state index >= 15 is 0 Å². The second-order valence-corrected chi connectivity index (χ2v) is 5.15. The minimum Gasteiger partial charge on any atom is -0.299 e. The van der Waals surface area contributed by atoms with Crippen LogP contribution in [-0.2, 0) is 0 Å². The second-order valence-electron chi connectivity index (χ2n) is 4.79. The summed E-state index contributed by atoms with van der Waals surface area (Å²) in [5.74, 6) is 0. The van der Waals surface area contributed by atoms with E-state index in [2.05, 4.69) is 37.7 Å². The molecule has 1 saturated heterocycles. The van der Waals surface area contributed by atoms with Crippen LogP contribution in [0.2, 0.25) is 5.15 Å². The van der Waals surface area contributed by atoms with Crippen molar-refractivity contribution in [3.63, 3.8) is 0 Å². The molecule has 1 atom stereocenters. The molecular formula is C13H19ClN2. The Morgan fingerprint density at radius 3 is 2.50 bits per heavy atom. The van der Waals surface area contributed by atoms with Gasteiger partial charge in [-0.2, -0.15) is 0 Å². The maximum absolute atomic E-state index is 6.11. The van der Waals surface area contributed by atoms with E-state index in [1.165, 1.54) is 30.5 Å². The molecule has 0 N–H and O–H groups in total. The largest absolute Gasteiger partial charge is 0.299 e. The number of aromatic nitrogens is 1. The molecule has 2 nitrogen and oxygen atoms in total. The lowest BCUT2D eigenvalue weighted by Crippen LogP contribution is -2.20. The van der Waals surface area contributed by atoms with Crippen LogP contribution in [-0.4, -0.2) is 23.5 Å². The summed E-state index contributed by atoms with van der Waals surface area (Å²) >= 11 is 6.11. The summed E-state index contributed by atoms with van der Waals surface area (Å²) in [6, 6.07) is 0.531. The molecule has 1 aliphatic rings. The van der Waals surface area contributed by atoms with Crippen molar-refractivity contribution >= 4 is 11.6 Å². The fourth-order valence-electron chi connectivity index (χ4n) is 2.69. The van der Waals surface area contributed by atoms with Crippen LogP contribution >= 0.6 is 11.6 Å². The Kier molecular flexibility index (Phi) is 3.22. The zero-order chi connectivity index (χ0) is 11.9. The van der Waals surface area contributed by atoms with Gasteiger partial charge in [-0.25, -0.2) is 4.98 Å². The van der Waals surface area contributed by atoms with Crippen molar-refractivity contribution in [2.45, 2.75) is 39.7 Å². The number of hydrogen-bond acceptors (Lipinski definition) is 2. The van der Waals surface area contributed by atoms with Crippen molar-refractivity contribution < 1.29 is 0 Å². The van der Waals surface area contributed by atoms with Crippen molar-refractivity contribution in [3.05, 3.63) is 27.5 Å². The van der Waals surface area contributed by atoms with Gasteiger partial charge >= 0.3 is 0 Å². The molecule has 88 valence electrons. The molecule has 3 heteroatoms. The molecule has 2 rings (SSSR count). The van der Waals surface area contributed by atoms with Gasteiger partial charge in [0.25, 0.3) is 0 Å². The van der Waals surface area contributed by atoms with Crippen LogP contribution in [0.15, 0.2) is 0 Å². The molecule has 16 heavy (non-hydrogen) atoms. The number of likely N-dealkylation sites (tertiary alicyclic amines) is 1. The molecule has 1 aromatic rings. The lowest BCUT2D eigenvalue weighted by Gasteiger charge is -2.24. The predicted molar refractivity (Wildman–Crippen MR) is 68.1 cm³/mol. The number of pyridine rings is 1. The Morgan fingerprint density at radius 2 is 1.94 bits per heavy atom. The molecule has 1 aliphatic heterocycles. The van der Waals surface area contributed by atoms with Gasteiger partial charge in [-0.1, -0.05) is 11.6 Å². The van der Waals surface area contributed by atoms with E-state index in [0.29, 0.717) is 11.2 Å². The van der Waals surface area contributed by atoms with Gasteiger partial charge in [-0.3, -0.25) is 4.90 Å². The Hall–Kier alpha value is -0.600. The van der Waals surface area contributed by atoms with Gasteiger partial charge in [0.05, 0.1) is 0 Å². The molecule has 1 aromatic heterocycles. The molecule has 0 bridgehead atoms. The molecule has 0 saturated carbocycles. The second kappa shape index (κ2) is 4.34. The van der Waals surface area contributed by atoms with Gasteiger partial charge < -0.3 is 0 Å². The molecule has 0 radical (unpaired) electrons. The van der Waals surface area contributed by atoms with Crippen LogP contribution < -0.4 is 0 Å². The van der Waals surface area contributed by atoms with Crippen LogP contribution in [0.5, 0.6) is 0 Å². The average molecular weight is 239 g/mol. The van der Waals surface area contributed by atoms with Crippen LogP contribution in [0.25, 0.3) is 0 Å². The summed E-state index contributed by atoms with van der Waals surface area (Å²) in [5.41, 5.74) is 4.92. The van der Waals surface area contributed by atoms with E-state index in [1.807, 2.05) is 0 Å². The third-order valence-electron chi connectivity index (χ3n) is 3.79.